The maximum atomic E-state index is 8.81. The van der Waals surface area contributed by atoms with Gasteiger partial charge in [0, 0.05) is 5.31 Å². The first-order chi connectivity index (χ1) is 3.89. The van der Waals surface area contributed by atoms with Crippen LogP contribution < -0.4 is 0 Å². The minimum atomic E-state index is -1.21. The summed E-state index contributed by atoms with van der Waals surface area (Å²) in [5.41, 5.74) is 0. The molecule has 2 nitrogen and oxygen atoms in total. The molecule has 0 fully saturated rings. The van der Waals surface area contributed by atoms with Gasteiger partial charge in [-0.2, -0.15) is 0 Å². The van der Waals surface area contributed by atoms with Crippen LogP contribution >= 0.6 is 0 Å². The quantitative estimate of drug-likeness (QED) is 0.545. The van der Waals surface area contributed by atoms with E-state index in [9.17, 15) is 0 Å². The van der Waals surface area contributed by atoms with E-state index < -0.39 is 7.12 Å². The summed E-state index contributed by atoms with van der Waals surface area (Å²) in [4.78, 5) is 0. The molecule has 0 aromatic rings. The van der Waals surface area contributed by atoms with Crippen LogP contribution in [-0.2, 0) is 0 Å². The lowest BCUT2D eigenvalue weighted by molar-refractivity contribution is 0.311. The molecule has 0 unspecified atom stereocenters. The zero-order chi connectivity index (χ0) is 7.65. The van der Waals surface area contributed by atoms with Crippen molar-refractivity contribution in [3.8, 4) is 0 Å². The standard InChI is InChI=1S/C6H15BO2/c1-5(2)6(3,4)7(8)9/h5,8-9H,1-4H3. The van der Waals surface area contributed by atoms with Gasteiger partial charge in [-0.05, 0) is 5.92 Å². The highest BCUT2D eigenvalue weighted by molar-refractivity contribution is 6.45. The van der Waals surface area contributed by atoms with Crippen molar-refractivity contribution in [2.75, 3.05) is 0 Å². The molecule has 0 aliphatic heterocycles. The zero-order valence-electron chi connectivity index (χ0n) is 6.55. The van der Waals surface area contributed by atoms with Crippen LogP contribution in [0.3, 0.4) is 0 Å². The van der Waals surface area contributed by atoms with E-state index in [-0.39, 0.29) is 11.2 Å². The Labute approximate surface area is 57.0 Å². The number of hydrogen-bond acceptors (Lipinski definition) is 2. The highest BCUT2D eigenvalue weighted by Gasteiger charge is 2.34. The summed E-state index contributed by atoms with van der Waals surface area (Å²) in [6.45, 7) is 7.61. The third-order valence-corrected chi connectivity index (χ3v) is 2.15. The van der Waals surface area contributed by atoms with Crippen molar-refractivity contribution in [1.82, 2.24) is 0 Å². The van der Waals surface area contributed by atoms with Gasteiger partial charge in [-0.3, -0.25) is 0 Å². The lowest BCUT2D eigenvalue weighted by Crippen LogP contribution is -2.32. The van der Waals surface area contributed by atoms with E-state index in [0.29, 0.717) is 0 Å². The molecule has 0 heterocycles. The first-order valence-corrected chi connectivity index (χ1v) is 3.25. The highest BCUT2D eigenvalue weighted by atomic mass is 16.4. The summed E-state index contributed by atoms with van der Waals surface area (Å²) in [7, 11) is -1.21. The van der Waals surface area contributed by atoms with E-state index in [1.54, 1.807) is 0 Å². The van der Waals surface area contributed by atoms with Gasteiger partial charge in [-0.25, -0.2) is 0 Å². The van der Waals surface area contributed by atoms with Gasteiger partial charge in [0.25, 0.3) is 0 Å². The molecule has 2 N–H and O–H groups in total. The second kappa shape index (κ2) is 2.71. The average Bonchev–Trinajstić information content (AvgIpc) is 1.65. The second-order valence-electron chi connectivity index (χ2n) is 3.35. The Kier molecular flexibility index (Phi) is 2.71. The molecule has 0 aliphatic rings. The van der Waals surface area contributed by atoms with Crippen LogP contribution in [0.25, 0.3) is 0 Å². The fraction of sp³-hybridized carbons (Fsp3) is 1.00. The Bertz CT molecular complexity index is 79.1. The number of hydrogen-bond donors (Lipinski definition) is 2. The van der Waals surface area contributed by atoms with Gasteiger partial charge in [-0.15, -0.1) is 0 Å². The Morgan fingerprint density at radius 1 is 1.22 bits per heavy atom. The van der Waals surface area contributed by atoms with Crippen LogP contribution in [-0.4, -0.2) is 17.2 Å². The van der Waals surface area contributed by atoms with E-state index in [1.165, 1.54) is 0 Å². The molecule has 0 aliphatic carbocycles. The van der Waals surface area contributed by atoms with Crippen molar-refractivity contribution < 1.29 is 10.0 Å². The van der Waals surface area contributed by atoms with Crippen molar-refractivity contribution in [3.05, 3.63) is 0 Å². The molecule has 9 heavy (non-hydrogen) atoms. The fourth-order valence-electron chi connectivity index (χ4n) is 0.298. The molecule has 54 valence electrons. The molecule has 0 saturated heterocycles. The third-order valence-electron chi connectivity index (χ3n) is 2.15. The molecule has 0 saturated carbocycles. The fourth-order valence-corrected chi connectivity index (χ4v) is 0.298. The Morgan fingerprint density at radius 2 is 1.56 bits per heavy atom. The van der Waals surface area contributed by atoms with Gasteiger partial charge < -0.3 is 10.0 Å². The molecular weight excluding hydrogens is 115 g/mol. The van der Waals surface area contributed by atoms with Gasteiger partial charge in [-0.1, -0.05) is 27.7 Å². The van der Waals surface area contributed by atoms with Gasteiger partial charge in [0.1, 0.15) is 0 Å². The van der Waals surface area contributed by atoms with Crippen LogP contribution in [0.2, 0.25) is 5.31 Å². The molecule has 0 aromatic heterocycles. The van der Waals surface area contributed by atoms with Crippen LogP contribution in [0.4, 0.5) is 0 Å². The zero-order valence-corrected chi connectivity index (χ0v) is 6.55. The smallest absolute Gasteiger partial charge is 0.427 e. The normalized spacial score (nSPS) is 12.3. The average molecular weight is 130 g/mol. The molecule has 0 amide bonds. The van der Waals surface area contributed by atoms with E-state index in [1.807, 2.05) is 27.7 Å². The summed E-state index contributed by atoms with van der Waals surface area (Å²) < 4.78 is 0. The predicted molar refractivity (Wildman–Crippen MR) is 39.1 cm³/mol. The molecule has 0 rings (SSSR count). The molecule has 3 heteroatoms. The third kappa shape index (κ3) is 1.99. The molecule has 0 spiro atoms. The summed E-state index contributed by atoms with van der Waals surface area (Å²) >= 11 is 0. The second-order valence-corrected chi connectivity index (χ2v) is 3.35. The Balaban J connectivity index is 4.01. The highest BCUT2D eigenvalue weighted by Crippen LogP contribution is 2.34. The maximum absolute atomic E-state index is 8.81. The Morgan fingerprint density at radius 3 is 1.56 bits per heavy atom. The number of rotatable bonds is 2. The van der Waals surface area contributed by atoms with Crippen LogP contribution in [0, 0.1) is 5.92 Å². The van der Waals surface area contributed by atoms with Crippen LogP contribution in [0.5, 0.6) is 0 Å². The summed E-state index contributed by atoms with van der Waals surface area (Å²) in [6.07, 6.45) is 0. The van der Waals surface area contributed by atoms with Crippen LogP contribution in [0.15, 0.2) is 0 Å². The first-order valence-electron chi connectivity index (χ1n) is 3.25. The van der Waals surface area contributed by atoms with E-state index in [4.69, 9.17) is 10.0 Å². The largest absolute Gasteiger partial charge is 0.457 e. The molecule has 0 bridgehead atoms. The SMILES string of the molecule is CC(C)C(C)(C)B(O)O. The summed E-state index contributed by atoms with van der Waals surface area (Å²) in [6, 6.07) is 0. The topological polar surface area (TPSA) is 40.5 Å². The molecule has 0 aromatic carbocycles. The van der Waals surface area contributed by atoms with Crippen molar-refractivity contribution in [2.45, 2.75) is 33.0 Å². The van der Waals surface area contributed by atoms with Crippen molar-refractivity contribution in [3.63, 3.8) is 0 Å². The summed E-state index contributed by atoms with van der Waals surface area (Å²) in [5.74, 6) is 0.289. The van der Waals surface area contributed by atoms with Crippen molar-refractivity contribution >= 4 is 7.12 Å². The van der Waals surface area contributed by atoms with Gasteiger partial charge in [0.05, 0.1) is 0 Å². The van der Waals surface area contributed by atoms with Gasteiger partial charge in [0.2, 0.25) is 0 Å². The molecule has 0 radical (unpaired) electrons. The predicted octanol–water partition coefficient (Wildman–Crippen LogP) is 0.895. The first kappa shape index (κ1) is 8.98. The van der Waals surface area contributed by atoms with E-state index in [2.05, 4.69) is 0 Å². The lowest BCUT2D eigenvalue weighted by Gasteiger charge is -2.27. The van der Waals surface area contributed by atoms with E-state index in [0.717, 1.165) is 0 Å². The molecular formula is C6H15BO2. The Hall–Kier alpha value is -0.0151. The maximum Gasteiger partial charge on any atom is 0.457 e. The van der Waals surface area contributed by atoms with Crippen molar-refractivity contribution in [1.29, 1.82) is 0 Å². The van der Waals surface area contributed by atoms with Crippen LogP contribution in [0.1, 0.15) is 27.7 Å². The minimum Gasteiger partial charge on any atom is -0.427 e. The monoisotopic (exact) mass is 130 g/mol. The van der Waals surface area contributed by atoms with Gasteiger partial charge >= 0.3 is 7.12 Å². The molecule has 0 atom stereocenters. The lowest BCUT2D eigenvalue weighted by atomic mass is 9.55. The van der Waals surface area contributed by atoms with E-state index >= 15 is 0 Å². The summed E-state index contributed by atoms with van der Waals surface area (Å²) in [5, 5.41) is 17.2. The minimum absolute atomic E-state index is 0.289. The van der Waals surface area contributed by atoms with Gasteiger partial charge in [0.15, 0.2) is 0 Å². The van der Waals surface area contributed by atoms with Crippen molar-refractivity contribution in [2.24, 2.45) is 5.92 Å².